The molecule has 1 fully saturated rings. The fourth-order valence-electron chi connectivity index (χ4n) is 6.28. The molecule has 0 radical (unpaired) electrons. The molecule has 0 N–H and O–H groups in total. The number of hydrogen-bond acceptors (Lipinski definition) is 2. The van der Waals surface area contributed by atoms with Gasteiger partial charge in [-0.05, 0) is 94.8 Å². The smallest absolute Gasteiger partial charge is 0.119 e. The maximum Gasteiger partial charge on any atom is 0.119 e. The summed E-state index contributed by atoms with van der Waals surface area (Å²) in [5.74, 6) is 2.12. The molecule has 2 atom stereocenters. The van der Waals surface area contributed by atoms with E-state index in [0.717, 1.165) is 30.5 Å². The van der Waals surface area contributed by atoms with Crippen molar-refractivity contribution >= 4 is 6.29 Å². The van der Waals surface area contributed by atoms with Gasteiger partial charge in [0.2, 0.25) is 0 Å². The van der Waals surface area contributed by atoms with Gasteiger partial charge in [-0.1, -0.05) is 93.7 Å². The van der Waals surface area contributed by atoms with Crippen LogP contribution in [0.25, 0.3) is 0 Å². The summed E-state index contributed by atoms with van der Waals surface area (Å²) >= 11 is 0. The van der Waals surface area contributed by atoms with Gasteiger partial charge in [-0.15, -0.1) is 0 Å². The third kappa shape index (κ3) is 8.58. The van der Waals surface area contributed by atoms with E-state index in [2.05, 4.69) is 85.4 Å². The topological polar surface area (TPSA) is 26.3 Å². The van der Waals surface area contributed by atoms with Crippen LogP contribution in [0.2, 0.25) is 0 Å². The summed E-state index contributed by atoms with van der Waals surface area (Å²) in [6.45, 7) is 22.8. The highest BCUT2D eigenvalue weighted by molar-refractivity contribution is 5.54. The first-order valence-corrected chi connectivity index (χ1v) is 14.9. The summed E-state index contributed by atoms with van der Waals surface area (Å²) in [6, 6.07) is 0. The summed E-state index contributed by atoms with van der Waals surface area (Å²) in [5.41, 5.74) is 9.72. The average molecular weight is 519 g/mol. The van der Waals surface area contributed by atoms with Gasteiger partial charge in [0.15, 0.2) is 0 Å². The largest absolute Gasteiger partial charge is 0.493 e. The molecule has 0 aromatic carbocycles. The first-order valence-electron chi connectivity index (χ1n) is 14.9. The second-order valence-corrected chi connectivity index (χ2v) is 11.8. The lowest BCUT2D eigenvalue weighted by Gasteiger charge is -2.41. The van der Waals surface area contributed by atoms with Gasteiger partial charge in [-0.25, -0.2) is 0 Å². The van der Waals surface area contributed by atoms with Crippen LogP contribution in [0.5, 0.6) is 0 Å². The standard InChI is InChI=1S/C33H48O.C3H6O/c1-9-33(17-11-10-12-18-33)27(6)21-31(30-15-13-23(2)14-16-30)20-24(3)19-25(4)32-28(7)26(5)22-34-29(32)8;1-2-3-4/h13-15,19,21,27,30H,4,9-12,16-18,20,22H2,1-3,5-8H3;3H,2H2,1H3/b24-19-,31-21+;. The highest BCUT2D eigenvalue weighted by Gasteiger charge is 2.35. The Hall–Kier alpha value is -2.35. The lowest BCUT2D eigenvalue weighted by Crippen LogP contribution is -2.30. The summed E-state index contributed by atoms with van der Waals surface area (Å²) in [5, 5.41) is 0. The molecule has 0 aromatic rings. The predicted octanol–water partition coefficient (Wildman–Crippen LogP) is 10.6. The van der Waals surface area contributed by atoms with Crippen LogP contribution in [0.15, 0.2) is 81.7 Å². The molecule has 2 unspecified atom stereocenters. The molecule has 2 heteroatoms. The second-order valence-electron chi connectivity index (χ2n) is 11.8. The van der Waals surface area contributed by atoms with Crippen LogP contribution >= 0.6 is 0 Å². The molecule has 38 heavy (non-hydrogen) atoms. The molecular formula is C36H54O2. The van der Waals surface area contributed by atoms with Crippen LogP contribution in [0.4, 0.5) is 0 Å². The van der Waals surface area contributed by atoms with E-state index in [4.69, 9.17) is 4.74 Å². The third-order valence-corrected chi connectivity index (χ3v) is 9.01. The van der Waals surface area contributed by atoms with Gasteiger partial charge in [0.1, 0.15) is 18.7 Å². The van der Waals surface area contributed by atoms with Crippen LogP contribution in [0.3, 0.4) is 0 Å². The summed E-state index contributed by atoms with van der Waals surface area (Å²) in [4.78, 5) is 9.17. The molecule has 0 aromatic heterocycles. The zero-order valence-corrected chi connectivity index (χ0v) is 25.7. The van der Waals surface area contributed by atoms with E-state index >= 15 is 0 Å². The zero-order valence-electron chi connectivity index (χ0n) is 25.7. The Morgan fingerprint density at radius 3 is 2.37 bits per heavy atom. The predicted molar refractivity (Wildman–Crippen MR) is 165 cm³/mol. The summed E-state index contributed by atoms with van der Waals surface area (Å²) < 4.78 is 5.91. The van der Waals surface area contributed by atoms with Crippen molar-refractivity contribution in [3.05, 3.63) is 81.7 Å². The molecule has 0 spiro atoms. The molecule has 1 aliphatic heterocycles. The van der Waals surface area contributed by atoms with E-state index < -0.39 is 0 Å². The Bertz CT molecular complexity index is 1020. The number of carbonyl (C=O) groups is 1. The molecule has 210 valence electrons. The molecule has 1 saturated carbocycles. The second kappa shape index (κ2) is 15.3. The van der Waals surface area contributed by atoms with E-state index in [-0.39, 0.29) is 0 Å². The van der Waals surface area contributed by atoms with Crippen LogP contribution in [-0.2, 0) is 9.53 Å². The van der Waals surface area contributed by atoms with Crippen molar-refractivity contribution in [2.45, 2.75) is 113 Å². The average Bonchev–Trinajstić information content (AvgIpc) is 2.91. The van der Waals surface area contributed by atoms with Crippen LogP contribution < -0.4 is 0 Å². The Kier molecular flexibility index (Phi) is 12.8. The molecule has 3 aliphatic rings. The molecular weight excluding hydrogens is 464 g/mol. The quantitative estimate of drug-likeness (QED) is 0.172. The normalized spacial score (nSPS) is 22.7. The van der Waals surface area contributed by atoms with E-state index in [1.165, 1.54) is 66.4 Å². The Morgan fingerprint density at radius 1 is 1.16 bits per heavy atom. The number of aldehydes is 1. The fourth-order valence-corrected chi connectivity index (χ4v) is 6.28. The molecule has 0 saturated heterocycles. The first kappa shape index (κ1) is 31.9. The lowest BCUT2D eigenvalue weighted by molar-refractivity contribution is -0.107. The van der Waals surface area contributed by atoms with Gasteiger partial charge >= 0.3 is 0 Å². The van der Waals surface area contributed by atoms with Crippen molar-refractivity contribution in [1.29, 1.82) is 0 Å². The summed E-state index contributed by atoms with van der Waals surface area (Å²) in [7, 11) is 0. The number of rotatable bonds is 9. The minimum absolute atomic E-state index is 0.482. The minimum atomic E-state index is 0.482. The van der Waals surface area contributed by atoms with E-state index in [1.54, 1.807) is 5.57 Å². The van der Waals surface area contributed by atoms with Gasteiger partial charge < -0.3 is 9.53 Å². The first-order chi connectivity index (χ1) is 18.1. The van der Waals surface area contributed by atoms with Crippen molar-refractivity contribution in [2.75, 3.05) is 6.61 Å². The van der Waals surface area contributed by atoms with Crippen molar-refractivity contribution in [1.82, 2.24) is 0 Å². The molecule has 1 heterocycles. The maximum absolute atomic E-state index is 9.17. The maximum atomic E-state index is 9.17. The highest BCUT2D eigenvalue weighted by atomic mass is 16.5. The van der Waals surface area contributed by atoms with Crippen molar-refractivity contribution in [3.8, 4) is 0 Å². The Labute approximate surface area is 234 Å². The SMILES string of the molecule is C=C(/C=C(/C)C/C(=C\C(C)C1(CC)CCCCC1)C1C=CC(C)=CC1)C1=C(C)OCC(C)=C1C.CCC=O. The molecule has 3 rings (SSSR count). The van der Waals surface area contributed by atoms with Crippen LogP contribution in [-0.4, -0.2) is 12.9 Å². The van der Waals surface area contributed by atoms with E-state index in [9.17, 15) is 4.79 Å². The van der Waals surface area contributed by atoms with E-state index in [1.807, 2.05) is 6.92 Å². The van der Waals surface area contributed by atoms with Gasteiger partial charge in [0.25, 0.3) is 0 Å². The minimum Gasteiger partial charge on any atom is -0.493 e. The number of carbonyl (C=O) groups excluding carboxylic acids is 1. The van der Waals surface area contributed by atoms with Gasteiger partial charge in [-0.2, -0.15) is 0 Å². The van der Waals surface area contributed by atoms with Crippen molar-refractivity contribution in [3.63, 3.8) is 0 Å². The fraction of sp³-hybridized carbons (Fsp3) is 0.583. The molecule has 2 nitrogen and oxygen atoms in total. The third-order valence-electron chi connectivity index (χ3n) is 9.01. The van der Waals surface area contributed by atoms with Crippen LogP contribution in [0, 0.1) is 17.3 Å². The van der Waals surface area contributed by atoms with Gasteiger partial charge in [0, 0.05) is 17.9 Å². The highest BCUT2D eigenvalue weighted by Crippen LogP contribution is 2.47. The summed E-state index contributed by atoms with van der Waals surface area (Å²) in [6.07, 6.45) is 24.0. The van der Waals surface area contributed by atoms with Crippen LogP contribution in [0.1, 0.15) is 113 Å². The number of allylic oxidation sites excluding steroid dienone is 12. The molecule has 0 bridgehead atoms. The molecule has 0 amide bonds. The number of hydrogen-bond donors (Lipinski definition) is 0. The monoisotopic (exact) mass is 518 g/mol. The van der Waals surface area contributed by atoms with E-state index in [0.29, 0.717) is 30.3 Å². The lowest BCUT2D eigenvalue weighted by atomic mass is 9.64. The molecule has 2 aliphatic carbocycles. The van der Waals surface area contributed by atoms with Gasteiger partial charge in [-0.3, -0.25) is 0 Å². The Balaban J connectivity index is 0.00000118. The van der Waals surface area contributed by atoms with Crippen molar-refractivity contribution in [2.24, 2.45) is 17.3 Å². The van der Waals surface area contributed by atoms with Gasteiger partial charge in [0.05, 0.1) is 0 Å². The van der Waals surface area contributed by atoms with Crippen molar-refractivity contribution < 1.29 is 9.53 Å². The zero-order chi connectivity index (χ0) is 28.3. The Morgan fingerprint density at radius 2 is 1.82 bits per heavy atom. The number of ether oxygens (including phenoxy) is 1.